The zero-order valence-corrected chi connectivity index (χ0v) is 18.4. The van der Waals surface area contributed by atoms with Crippen LogP contribution in [0, 0.1) is 0 Å². The van der Waals surface area contributed by atoms with Gasteiger partial charge in [0.25, 0.3) is 0 Å². The molecule has 0 spiro atoms. The van der Waals surface area contributed by atoms with Gasteiger partial charge < -0.3 is 29.6 Å². The third kappa shape index (κ3) is 5.09. The fourth-order valence-electron chi connectivity index (χ4n) is 3.22. The lowest BCUT2D eigenvalue weighted by molar-refractivity contribution is 0.297. The van der Waals surface area contributed by atoms with E-state index in [0.717, 1.165) is 40.7 Å². The molecule has 0 aromatic heterocycles. The van der Waals surface area contributed by atoms with Crippen LogP contribution < -0.4 is 29.6 Å². The Bertz CT molecular complexity index is 896. The summed E-state index contributed by atoms with van der Waals surface area (Å²) in [5.74, 6) is 3.64. The Morgan fingerprint density at radius 3 is 2.43 bits per heavy atom. The summed E-state index contributed by atoms with van der Waals surface area (Å²) in [6.07, 6.45) is 0.881. The summed E-state index contributed by atoms with van der Waals surface area (Å²) in [5, 5.41) is 6.73. The van der Waals surface area contributed by atoms with Crippen LogP contribution in [0.25, 0.3) is 0 Å². The van der Waals surface area contributed by atoms with Crippen molar-refractivity contribution in [2.45, 2.75) is 25.7 Å². The molecule has 1 aliphatic rings. The second kappa shape index (κ2) is 9.61. The first-order valence-electron chi connectivity index (χ1n) is 10.1. The second-order valence-electron chi connectivity index (χ2n) is 7.72. The van der Waals surface area contributed by atoms with Gasteiger partial charge in [-0.05, 0) is 29.8 Å². The van der Waals surface area contributed by atoms with Crippen molar-refractivity contribution in [2.75, 3.05) is 46.3 Å². The Morgan fingerprint density at radius 1 is 1.00 bits per heavy atom. The minimum absolute atomic E-state index is 0.165. The fourth-order valence-corrected chi connectivity index (χ4v) is 3.22. The Balaban J connectivity index is 1.67. The first-order valence-corrected chi connectivity index (χ1v) is 10.1. The van der Waals surface area contributed by atoms with Gasteiger partial charge in [0.2, 0.25) is 0 Å². The van der Waals surface area contributed by atoms with Crippen molar-refractivity contribution >= 4 is 11.6 Å². The minimum Gasteiger partial charge on any atom is -0.493 e. The molecule has 0 saturated carbocycles. The van der Waals surface area contributed by atoms with Crippen molar-refractivity contribution in [3.63, 3.8) is 0 Å². The molecule has 0 aliphatic carbocycles. The van der Waals surface area contributed by atoms with E-state index in [1.807, 2.05) is 30.3 Å². The first kappa shape index (κ1) is 21.6. The molecule has 0 unspecified atom stereocenters. The zero-order valence-electron chi connectivity index (χ0n) is 18.4. The SMILES string of the molecule is CN=C(NCC(C)(C)c1ccc(OC)c(OC)c1)Nc1ccc2c(c1)OCCCO2. The maximum absolute atomic E-state index is 5.77. The van der Waals surface area contributed by atoms with E-state index >= 15 is 0 Å². The van der Waals surface area contributed by atoms with E-state index in [2.05, 4.69) is 35.5 Å². The number of benzene rings is 2. The molecular weight excluding hydrogens is 382 g/mol. The number of hydrogen-bond acceptors (Lipinski definition) is 5. The summed E-state index contributed by atoms with van der Waals surface area (Å²) in [7, 11) is 5.04. The van der Waals surface area contributed by atoms with Gasteiger partial charge in [-0.25, -0.2) is 0 Å². The highest BCUT2D eigenvalue weighted by Gasteiger charge is 2.23. The number of anilines is 1. The van der Waals surface area contributed by atoms with Gasteiger partial charge in [0.1, 0.15) is 0 Å². The van der Waals surface area contributed by atoms with Crippen LogP contribution in [0.3, 0.4) is 0 Å². The summed E-state index contributed by atoms with van der Waals surface area (Å²) in [4.78, 5) is 4.35. The van der Waals surface area contributed by atoms with Crippen molar-refractivity contribution in [1.29, 1.82) is 0 Å². The standard InChI is InChI=1S/C23H31N3O4/c1-23(2,16-7-9-18(27-4)20(13-16)28-5)15-25-22(24-3)26-17-8-10-19-21(14-17)30-12-6-11-29-19/h7-10,13-14H,6,11-12,15H2,1-5H3,(H2,24,25,26). The van der Waals surface area contributed by atoms with Gasteiger partial charge in [-0.3, -0.25) is 4.99 Å². The third-order valence-corrected chi connectivity index (χ3v) is 5.10. The van der Waals surface area contributed by atoms with Crippen LogP contribution >= 0.6 is 0 Å². The average molecular weight is 414 g/mol. The highest BCUT2D eigenvalue weighted by molar-refractivity contribution is 5.93. The topological polar surface area (TPSA) is 73.3 Å². The van der Waals surface area contributed by atoms with E-state index in [1.165, 1.54) is 0 Å². The van der Waals surface area contributed by atoms with E-state index in [4.69, 9.17) is 18.9 Å². The van der Waals surface area contributed by atoms with E-state index in [9.17, 15) is 0 Å². The first-order chi connectivity index (χ1) is 14.5. The number of methoxy groups -OCH3 is 2. The number of aliphatic imine (C=N–C) groups is 1. The molecule has 162 valence electrons. The molecule has 0 amide bonds. The lowest BCUT2D eigenvalue weighted by atomic mass is 9.84. The number of nitrogens with one attached hydrogen (secondary N) is 2. The summed E-state index contributed by atoms with van der Waals surface area (Å²) in [6.45, 7) is 6.34. The molecule has 7 nitrogen and oxygen atoms in total. The maximum atomic E-state index is 5.77. The molecule has 0 saturated heterocycles. The molecule has 0 bridgehead atoms. The van der Waals surface area contributed by atoms with Gasteiger partial charge in [-0.15, -0.1) is 0 Å². The molecule has 30 heavy (non-hydrogen) atoms. The lowest BCUT2D eigenvalue weighted by Gasteiger charge is -2.27. The molecule has 0 atom stereocenters. The van der Waals surface area contributed by atoms with Gasteiger partial charge in [-0.1, -0.05) is 19.9 Å². The van der Waals surface area contributed by atoms with Gasteiger partial charge in [0.15, 0.2) is 29.0 Å². The average Bonchev–Trinajstić information content (AvgIpc) is 3.01. The fraction of sp³-hybridized carbons (Fsp3) is 0.435. The Labute approximate surface area is 178 Å². The van der Waals surface area contributed by atoms with E-state index in [0.29, 0.717) is 25.7 Å². The quantitative estimate of drug-likeness (QED) is 0.554. The predicted octanol–water partition coefficient (Wildman–Crippen LogP) is 3.83. The van der Waals surface area contributed by atoms with Crippen molar-refractivity contribution in [2.24, 2.45) is 4.99 Å². The van der Waals surface area contributed by atoms with Crippen molar-refractivity contribution in [1.82, 2.24) is 5.32 Å². The summed E-state index contributed by atoms with van der Waals surface area (Å²) in [5.41, 5.74) is 1.86. The number of rotatable bonds is 6. The second-order valence-corrected chi connectivity index (χ2v) is 7.72. The minimum atomic E-state index is -0.165. The van der Waals surface area contributed by atoms with Crippen LogP contribution in [-0.4, -0.2) is 47.0 Å². The normalized spacial score (nSPS) is 14.0. The van der Waals surface area contributed by atoms with Gasteiger partial charge in [0.05, 0.1) is 27.4 Å². The molecule has 0 fully saturated rings. The smallest absolute Gasteiger partial charge is 0.195 e. The number of fused-ring (bicyclic) bond motifs is 1. The molecule has 7 heteroatoms. The van der Waals surface area contributed by atoms with Crippen LogP contribution in [0.1, 0.15) is 25.8 Å². The number of nitrogens with zero attached hydrogens (tertiary/aromatic N) is 1. The van der Waals surface area contributed by atoms with E-state index in [-0.39, 0.29) is 5.41 Å². The van der Waals surface area contributed by atoms with Crippen LogP contribution in [0.15, 0.2) is 41.4 Å². The van der Waals surface area contributed by atoms with Crippen molar-refractivity contribution in [3.05, 3.63) is 42.0 Å². The van der Waals surface area contributed by atoms with Gasteiger partial charge in [0, 0.05) is 37.2 Å². The van der Waals surface area contributed by atoms with E-state index < -0.39 is 0 Å². The Hall–Kier alpha value is -3.09. The van der Waals surface area contributed by atoms with Crippen LogP contribution in [-0.2, 0) is 5.41 Å². The molecule has 1 aliphatic heterocycles. The van der Waals surface area contributed by atoms with Gasteiger partial charge in [-0.2, -0.15) is 0 Å². The number of guanidine groups is 1. The third-order valence-electron chi connectivity index (χ3n) is 5.10. The highest BCUT2D eigenvalue weighted by Crippen LogP contribution is 2.34. The number of hydrogen-bond donors (Lipinski definition) is 2. The summed E-state index contributed by atoms with van der Waals surface area (Å²) in [6, 6.07) is 11.8. The highest BCUT2D eigenvalue weighted by atomic mass is 16.5. The molecular formula is C23H31N3O4. The molecule has 3 rings (SSSR count). The Morgan fingerprint density at radius 2 is 1.73 bits per heavy atom. The number of ether oxygens (including phenoxy) is 4. The summed E-state index contributed by atoms with van der Waals surface area (Å²) >= 11 is 0. The van der Waals surface area contributed by atoms with Crippen LogP contribution in [0.5, 0.6) is 23.0 Å². The predicted molar refractivity (Wildman–Crippen MR) is 120 cm³/mol. The van der Waals surface area contributed by atoms with Crippen LogP contribution in [0.4, 0.5) is 5.69 Å². The molecule has 2 aromatic rings. The maximum Gasteiger partial charge on any atom is 0.195 e. The molecule has 2 aromatic carbocycles. The molecule has 1 heterocycles. The van der Waals surface area contributed by atoms with Gasteiger partial charge >= 0.3 is 0 Å². The van der Waals surface area contributed by atoms with Crippen LogP contribution in [0.2, 0.25) is 0 Å². The van der Waals surface area contributed by atoms with Crippen molar-refractivity contribution in [3.8, 4) is 23.0 Å². The monoisotopic (exact) mass is 413 g/mol. The zero-order chi connectivity index (χ0) is 21.6. The van der Waals surface area contributed by atoms with Crippen molar-refractivity contribution < 1.29 is 18.9 Å². The summed E-state index contributed by atoms with van der Waals surface area (Å²) < 4.78 is 22.3. The molecule has 0 radical (unpaired) electrons. The Kier molecular flexibility index (Phi) is 6.92. The largest absolute Gasteiger partial charge is 0.493 e. The van der Waals surface area contributed by atoms with E-state index in [1.54, 1.807) is 21.3 Å². The molecule has 2 N–H and O–H groups in total. The lowest BCUT2D eigenvalue weighted by Crippen LogP contribution is -2.40.